The van der Waals surface area contributed by atoms with Crippen molar-refractivity contribution in [1.29, 1.82) is 0 Å². The highest BCUT2D eigenvalue weighted by Gasteiger charge is 2.24. The van der Waals surface area contributed by atoms with Crippen molar-refractivity contribution in [2.45, 2.75) is 17.4 Å². The lowest BCUT2D eigenvalue weighted by Crippen LogP contribution is -2.52. The van der Waals surface area contributed by atoms with Crippen LogP contribution < -0.4 is 5.32 Å². The van der Waals surface area contributed by atoms with Gasteiger partial charge in [0.1, 0.15) is 0 Å². The van der Waals surface area contributed by atoms with Crippen LogP contribution in [0.5, 0.6) is 0 Å². The van der Waals surface area contributed by atoms with Gasteiger partial charge in [0.2, 0.25) is 5.91 Å². The summed E-state index contributed by atoms with van der Waals surface area (Å²) in [7, 11) is 0. The fraction of sp³-hybridized carbons (Fsp3) is 0.417. The van der Waals surface area contributed by atoms with Crippen molar-refractivity contribution >= 4 is 40.9 Å². The van der Waals surface area contributed by atoms with Crippen molar-refractivity contribution in [3.63, 3.8) is 0 Å². The maximum Gasteiger partial charge on any atom is 0.230 e. The normalized spacial score (nSPS) is 11.4. The number of carbonyl (C=O) groups excluding carboxylic acids is 1. The number of thioether (sulfide) groups is 1. The number of aliphatic hydroxyl groups excluding tert-OH is 2. The fourth-order valence-corrected chi connectivity index (χ4v) is 2.53. The average molecular weight is 324 g/mol. The zero-order chi connectivity index (χ0) is 14.5. The molecule has 1 aromatic rings. The number of benzene rings is 1. The molecular formula is C12H15Cl2NO3S. The summed E-state index contributed by atoms with van der Waals surface area (Å²) in [6.07, 6.45) is 0. The van der Waals surface area contributed by atoms with Crippen LogP contribution in [0.4, 0.5) is 0 Å². The van der Waals surface area contributed by atoms with Gasteiger partial charge in [0.05, 0.1) is 29.5 Å². The third-order valence-electron chi connectivity index (χ3n) is 2.39. The number of carbonyl (C=O) groups is 1. The van der Waals surface area contributed by atoms with Gasteiger partial charge in [-0.3, -0.25) is 4.79 Å². The van der Waals surface area contributed by atoms with E-state index in [1.165, 1.54) is 11.8 Å². The van der Waals surface area contributed by atoms with E-state index in [1.807, 2.05) is 0 Å². The monoisotopic (exact) mass is 323 g/mol. The molecule has 1 amide bonds. The number of hydrogen-bond acceptors (Lipinski definition) is 4. The third-order valence-corrected chi connectivity index (χ3v) is 4.12. The summed E-state index contributed by atoms with van der Waals surface area (Å²) in [4.78, 5) is 12.4. The number of nitrogens with one attached hydrogen (secondary N) is 1. The molecule has 0 saturated carbocycles. The van der Waals surface area contributed by atoms with E-state index in [2.05, 4.69) is 5.32 Å². The maximum absolute atomic E-state index is 11.7. The van der Waals surface area contributed by atoms with Crippen molar-refractivity contribution in [3.8, 4) is 0 Å². The second kappa shape index (κ2) is 7.36. The van der Waals surface area contributed by atoms with Crippen LogP contribution in [0.15, 0.2) is 23.1 Å². The molecule has 7 heteroatoms. The Morgan fingerprint density at radius 1 is 1.37 bits per heavy atom. The van der Waals surface area contributed by atoms with Crippen LogP contribution in [0.2, 0.25) is 10.0 Å². The quantitative estimate of drug-likeness (QED) is 0.700. The summed E-state index contributed by atoms with van der Waals surface area (Å²) in [6, 6.07) is 5.01. The standard InChI is InChI=1S/C12H15Cl2NO3S/c1-12(6-16,7-17)15-11(18)5-19-10-4-8(13)2-3-9(10)14/h2-4,16-17H,5-7H2,1H3,(H,15,18). The molecule has 0 atom stereocenters. The molecule has 1 aromatic carbocycles. The molecule has 0 unspecified atom stereocenters. The average Bonchev–Trinajstić information content (AvgIpc) is 2.39. The van der Waals surface area contributed by atoms with E-state index < -0.39 is 5.54 Å². The molecule has 1 rings (SSSR count). The van der Waals surface area contributed by atoms with Gasteiger partial charge in [0.25, 0.3) is 0 Å². The largest absolute Gasteiger partial charge is 0.394 e. The summed E-state index contributed by atoms with van der Waals surface area (Å²) in [5.74, 6) is -0.179. The summed E-state index contributed by atoms with van der Waals surface area (Å²) < 4.78 is 0. The Labute approximate surface area is 126 Å². The minimum atomic E-state index is -1.02. The molecule has 19 heavy (non-hydrogen) atoms. The van der Waals surface area contributed by atoms with E-state index in [1.54, 1.807) is 25.1 Å². The van der Waals surface area contributed by atoms with Crippen LogP contribution in [0.3, 0.4) is 0 Å². The Morgan fingerprint density at radius 3 is 2.58 bits per heavy atom. The summed E-state index contributed by atoms with van der Waals surface area (Å²) in [5, 5.41) is 21.8. The van der Waals surface area contributed by atoms with E-state index in [0.717, 1.165) is 0 Å². The molecule has 106 valence electrons. The van der Waals surface area contributed by atoms with E-state index in [4.69, 9.17) is 33.4 Å². The molecule has 0 aliphatic rings. The maximum atomic E-state index is 11.7. The second-order valence-corrected chi connectivity index (χ2v) is 6.15. The Hall–Kier alpha value is -0.460. The summed E-state index contributed by atoms with van der Waals surface area (Å²) in [6.45, 7) is 0.886. The molecule has 0 fully saturated rings. The molecule has 0 aliphatic carbocycles. The van der Waals surface area contributed by atoms with Crippen LogP contribution in [0.25, 0.3) is 0 Å². The molecule has 4 nitrogen and oxygen atoms in total. The Bertz CT molecular complexity index is 453. The van der Waals surface area contributed by atoms with Gasteiger partial charge >= 0.3 is 0 Å². The highest BCUT2D eigenvalue weighted by atomic mass is 35.5. The van der Waals surface area contributed by atoms with E-state index in [0.29, 0.717) is 14.9 Å². The molecule has 0 bridgehead atoms. The zero-order valence-electron chi connectivity index (χ0n) is 10.3. The fourth-order valence-electron chi connectivity index (χ4n) is 1.23. The van der Waals surface area contributed by atoms with Gasteiger partial charge in [-0.25, -0.2) is 0 Å². The first kappa shape index (κ1) is 16.6. The van der Waals surface area contributed by atoms with Crippen LogP contribution in [-0.2, 0) is 4.79 Å². The Balaban J connectivity index is 2.57. The molecule has 0 aromatic heterocycles. The van der Waals surface area contributed by atoms with Crippen molar-refractivity contribution in [2.75, 3.05) is 19.0 Å². The Morgan fingerprint density at radius 2 is 2.00 bits per heavy atom. The molecule has 0 aliphatic heterocycles. The first-order valence-corrected chi connectivity index (χ1v) is 7.25. The number of rotatable bonds is 6. The van der Waals surface area contributed by atoms with E-state index in [9.17, 15) is 4.79 Å². The van der Waals surface area contributed by atoms with E-state index >= 15 is 0 Å². The van der Waals surface area contributed by atoms with Gasteiger partial charge in [-0.1, -0.05) is 23.2 Å². The molecule has 0 spiro atoms. The van der Waals surface area contributed by atoms with Crippen molar-refractivity contribution in [1.82, 2.24) is 5.32 Å². The van der Waals surface area contributed by atoms with Gasteiger partial charge < -0.3 is 15.5 Å². The van der Waals surface area contributed by atoms with E-state index in [-0.39, 0.29) is 24.9 Å². The lowest BCUT2D eigenvalue weighted by molar-refractivity contribution is -0.121. The predicted molar refractivity (Wildman–Crippen MR) is 77.9 cm³/mol. The van der Waals surface area contributed by atoms with Gasteiger partial charge in [-0.05, 0) is 25.1 Å². The lowest BCUT2D eigenvalue weighted by atomic mass is 10.1. The second-order valence-electron chi connectivity index (χ2n) is 4.29. The minimum Gasteiger partial charge on any atom is -0.394 e. The number of aliphatic hydroxyl groups is 2. The zero-order valence-corrected chi connectivity index (χ0v) is 12.6. The lowest BCUT2D eigenvalue weighted by Gasteiger charge is -2.26. The molecule has 0 radical (unpaired) electrons. The highest BCUT2D eigenvalue weighted by Crippen LogP contribution is 2.29. The predicted octanol–water partition coefficient (Wildman–Crippen LogP) is 1.94. The molecule has 3 N–H and O–H groups in total. The molecule has 0 heterocycles. The first-order chi connectivity index (χ1) is 8.90. The van der Waals surface area contributed by atoms with Crippen LogP contribution in [0.1, 0.15) is 6.92 Å². The van der Waals surface area contributed by atoms with Crippen molar-refractivity contribution in [2.24, 2.45) is 0 Å². The van der Waals surface area contributed by atoms with Gasteiger partial charge in [-0.2, -0.15) is 0 Å². The molecular weight excluding hydrogens is 309 g/mol. The summed E-state index contributed by atoms with van der Waals surface area (Å²) >= 11 is 13.1. The minimum absolute atomic E-state index is 0.121. The molecule has 0 saturated heterocycles. The number of hydrogen-bond donors (Lipinski definition) is 3. The van der Waals surface area contributed by atoms with Gasteiger partial charge in [-0.15, -0.1) is 11.8 Å². The van der Waals surface area contributed by atoms with Gasteiger partial charge in [0, 0.05) is 9.92 Å². The SMILES string of the molecule is CC(CO)(CO)NC(=O)CSc1cc(Cl)ccc1Cl. The highest BCUT2D eigenvalue weighted by molar-refractivity contribution is 8.00. The van der Waals surface area contributed by atoms with Crippen LogP contribution >= 0.6 is 35.0 Å². The number of halogens is 2. The first-order valence-electron chi connectivity index (χ1n) is 5.51. The topological polar surface area (TPSA) is 69.6 Å². The van der Waals surface area contributed by atoms with Crippen LogP contribution in [-0.4, -0.2) is 40.6 Å². The van der Waals surface area contributed by atoms with Gasteiger partial charge in [0.15, 0.2) is 0 Å². The van der Waals surface area contributed by atoms with Crippen LogP contribution in [0, 0.1) is 0 Å². The number of amides is 1. The van der Waals surface area contributed by atoms with Crippen molar-refractivity contribution < 1.29 is 15.0 Å². The third kappa shape index (κ3) is 5.20. The Kier molecular flexibility index (Phi) is 6.42. The van der Waals surface area contributed by atoms with Crippen molar-refractivity contribution in [3.05, 3.63) is 28.2 Å². The summed E-state index contributed by atoms with van der Waals surface area (Å²) in [5.41, 5.74) is -1.02. The smallest absolute Gasteiger partial charge is 0.230 e.